The van der Waals surface area contributed by atoms with Crippen LogP contribution in [0.2, 0.25) is 0 Å². The molecule has 0 aromatic heterocycles. The molecule has 1 aromatic rings. The van der Waals surface area contributed by atoms with Gasteiger partial charge >= 0.3 is 0 Å². The summed E-state index contributed by atoms with van der Waals surface area (Å²) in [6, 6.07) is 11.0. The molecule has 1 aromatic carbocycles. The van der Waals surface area contributed by atoms with Crippen LogP contribution in [-0.2, 0) is 11.3 Å². The Morgan fingerprint density at radius 2 is 1.88 bits per heavy atom. The van der Waals surface area contributed by atoms with Crippen molar-refractivity contribution in [3.8, 4) is 0 Å². The Hall–Kier alpha value is -2.08. The van der Waals surface area contributed by atoms with Crippen LogP contribution < -0.4 is 16.0 Å². The number of carbonyl (C=O) groups is 1. The van der Waals surface area contributed by atoms with Gasteiger partial charge in [0.1, 0.15) is 0 Å². The lowest BCUT2D eigenvalue weighted by molar-refractivity contribution is -0.128. The first kappa shape index (κ1) is 20.2. The number of rotatable bonds is 6. The number of piperidine rings is 1. The summed E-state index contributed by atoms with van der Waals surface area (Å²) in [6.07, 6.45) is 2.18. The van der Waals surface area contributed by atoms with E-state index in [2.05, 4.69) is 56.2 Å². The van der Waals surface area contributed by atoms with Crippen molar-refractivity contribution in [2.45, 2.75) is 39.3 Å². The number of likely N-dealkylation sites (tertiary alicyclic amines) is 1. The van der Waals surface area contributed by atoms with E-state index in [-0.39, 0.29) is 5.91 Å². The minimum atomic E-state index is -0.481. The smallest absolute Gasteiger partial charge is 0.227 e. The summed E-state index contributed by atoms with van der Waals surface area (Å²) in [4.78, 5) is 18.7. The zero-order chi connectivity index (χ0) is 19.0. The molecule has 0 bridgehead atoms. The number of benzene rings is 1. The Kier molecular flexibility index (Phi) is 7.45. The number of nitrogens with one attached hydrogen (secondary N) is 3. The quantitative estimate of drug-likeness (QED) is 0.533. The third-order valence-corrected chi connectivity index (χ3v) is 4.94. The summed E-state index contributed by atoms with van der Waals surface area (Å²) in [7, 11) is 3.44. The number of aliphatic imine (C=N–C) groups is 1. The van der Waals surface area contributed by atoms with Gasteiger partial charge in [-0.2, -0.15) is 0 Å². The molecule has 1 aliphatic rings. The van der Waals surface area contributed by atoms with Gasteiger partial charge in [-0.3, -0.25) is 14.7 Å². The van der Waals surface area contributed by atoms with Gasteiger partial charge in [0.05, 0.1) is 5.41 Å². The number of nitrogens with zero attached hydrogens (tertiary/aromatic N) is 2. The minimum absolute atomic E-state index is 0.0228. The molecule has 0 radical (unpaired) electrons. The van der Waals surface area contributed by atoms with Gasteiger partial charge in [-0.05, 0) is 32.3 Å². The van der Waals surface area contributed by atoms with Gasteiger partial charge in [0.15, 0.2) is 5.96 Å². The molecule has 0 saturated carbocycles. The number of guanidine groups is 1. The van der Waals surface area contributed by atoms with Crippen LogP contribution in [0.3, 0.4) is 0 Å². The first-order valence-electron chi connectivity index (χ1n) is 9.40. The topological polar surface area (TPSA) is 68.8 Å². The van der Waals surface area contributed by atoms with Gasteiger partial charge in [-0.15, -0.1) is 0 Å². The third-order valence-electron chi connectivity index (χ3n) is 4.94. The maximum atomic E-state index is 11.9. The Balaban J connectivity index is 1.75. The first-order valence-corrected chi connectivity index (χ1v) is 9.40. The molecule has 0 spiro atoms. The summed E-state index contributed by atoms with van der Waals surface area (Å²) in [5, 5.41) is 9.50. The van der Waals surface area contributed by atoms with Crippen LogP contribution in [0, 0.1) is 5.41 Å². The molecule has 6 heteroatoms. The van der Waals surface area contributed by atoms with E-state index in [0.717, 1.165) is 38.4 Å². The predicted molar refractivity (Wildman–Crippen MR) is 107 cm³/mol. The normalized spacial score (nSPS) is 17.0. The van der Waals surface area contributed by atoms with Gasteiger partial charge in [0.25, 0.3) is 0 Å². The van der Waals surface area contributed by atoms with Crippen LogP contribution in [0.5, 0.6) is 0 Å². The highest BCUT2D eigenvalue weighted by Gasteiger charge is 2.27. The van der Waals surface area contributed by atoms with E-state index < -0.39 is 5.41 Å². The van der Waals surface area contributed by atoms with Crippen LogP contribution in [0.1, 0.15) is 32.3 Å². The molecule has 0 aliphatic carbocycles. The molecule has 0 unspecified atom stereocenters. The van der Waals surface area contributed by atoms with Crippen molar-refractivity contribution in [3.05, 3.63) is 35.9 Å². The lowest BCUT2D eigenvalue weighted by Crippen LogP contribution is -2.51. The summed E-state index contributed by atoms with van der Waals surface area (Å²) in [5.74, 6) is 0.790. The molecular formula is C20H33N5O. The zero-order valence-electron chi connectivity index (χ0n) is 16.5. The number of amides is 1. The zero-order valence-corrected chi connectivity index (χ0v) is 16.5. The van der Waals surface area contributed by atoms with Crippen LogP contribution in [-0.4, -0.2) is 56.5 Å². The van der Waals surface area contributed by atoms with Crippen molar-refractivity contribution < 1.29 is 4.79 Å². The highest BCUT2D eigenvalue weighted by Crippen LogP contribution is 2.15. The van der Waals surface area contributed by atoms with Crippen molar-refractivity contribution in [2.24, 2.45) is 10.4 Å². The molecule has 1 amide bonds. The molecule has 2 rings (SSSR count). The van der Waals surface area contributed by atoms with E-state index in [9.17, 15) is 4.79 Å². The Labute approximate surface area is 157 Å². The molecule has 1 fully saturated rings. The Morgan fingerprint density at radius 1 is 1.23 bits per heavy atom. The maximum Gasteiger partial charge on any atom is 0.227 e. The predicted octanol–water partition coefficient (Wildman–Crippen LogP) is 1.59. The number of carbonyl (C=O) groups excluding carboxylic acids is 1. The Morgan fingerprint density at radius 3 is 2.46 bits per heavy atom. The van der Waals surface area contributed by atoms with Gasteiger partial charge in [0, 0.05) is 46.3 Å². The molecular weight excluding hydrogens is 326 g/mol. The van der Waals surface area contributed by atoms with E-state index in [1.54, 1.807) is 14.1 Å². The van der Waals surface area contributed by atoms with Gasteiger partial charge in [-0.1, -0.05) is 30.3 Å². The van der Waals surface area contributed by atoms with E-state index in [0.29, 0.717) is 12.6 Å². The first-order chi connectivity index (χ1) is 12.4. The van der Waals surface area contributed by atoms with Crippen molar-refractivity contribution in [1.82, 2.24) is 20.9 Å². The SMILES string of the molecule is CN=C(NCC(C)(C)C(=O)NC)NC1CCN(Cc2ccccc2)CC1. The Bertz CT molecular complexity index is 591. The molecule has 1 saturated heterocycles. The average molecular weight is 360 g/mol. The van der Waals surface area contributed by atoms with E-state index in [1.807, 2.05) is 13.8 Å². The van der Waals surface area contributed by atoms with Crippen molar-refractivity contribution in [1.29, 1.82) is 0 Å². The molecule has 144 valence electrons. The largest absolute Gasteiger partial charge is 0.359 e. The van der Waals surface area contributed by atoms with Crippen LogP contribution in [0.25, 0.3) is 0 Å². The fourth-order valence-corrected chi connectivity index (χ4v) is 3.19. The van der Waals surface area contributed by atoms with E-state index in [4.69, 9.17) is 0 Å². The second kappa shape index (κ2) is 9.57. The van der Waals surface area contributed by atoms with E-state index in [1.165, 1.54) is 5.56 Å². The maximum absolute atomic E-state index is 11.9. The van der Waals surface area contributed by atoms with Crippen LogP contribution >= 0.6 is 0 Å². The van der Waals surface area contributed by atoms with Crippen LogP contribution in [0.15, 0.2) is 35.3 Å². The second-order valence-corrected chi connectivity index (χ2v) is 7.57. The monoisotopic (exact) mass is 359 g/mol. The van der Waals surface area contributed by atoms with Crippen molar-refractivity contribution in [3.63, 3.8) is 0 Å². The van der Waals surface area contributed by atoms with Gasteiger partial charge in [0.2, 0.25) is 5.91 Å². The number of hydrogen-bond donors (Lipinski definition) is 3. The van der Waals surface area contributed by atoms with Crippen LogP contribution in [0.4, 0.5) is 0 Å². The molecule has 6 nitrogen and oxygen atoms in total. The minimum Gasteiger partial charge on any atom is -0.359 e. The average Bonchev–Trinajstić information content (AvgIpc) is 2.66. The summed E-state index contributed by atoms with van der Waals surface area (Å²) in [6.45, 7) is 7.56. The highest BCUT2D eigenvalue weighted by molar-refractivity contribution is 5.84. The number of hydrogen-bond acceptors (Lipinski definition) is 3. The summed E-state index contributed by atoms with van der Waals surface area (Å²) >= 11 is 0. The van der Waals surface area contributed by atoms with Gasteiger partial charge in [-0.25, -0.2) is 0 Å². The molecule has 0 atom stereocenters. The third kappa shape index (κ3) is 6.02. The fourth-order valence-electron chi connectivity index (χ4n) is 3.19. The molecule has 1 aliphatic heterocycles. The van der Waals surface area contributed by atoms with E-state index >= 15 is 0 Å². The molecule has 26 heavy (non-hydrogen) atoms. The second-order valence-electron chi connectivity index (χ2n) is 7.57. The molecule has 1 heterocycles. The van der Waals surface area contributed by atoms with Crippen molar-refractivity contribution >= 4 is 11.9 Å². The fraction of sp³-hybridized carbons (Fsp3) is 0.600. The standard InChI is InChI=1S/C20H33N5O/c1-20(2,18(26)21-3)15-23-19(22-4)24-17-10-12-25(13-11-17)14-16-8-6-5-7-9-16/h5-9,17H,10-15H2,1-4H3,(H,21,26)(H2,22,23,24). The molecule has 3 N–H and O–H groups in total. The summed E-state index contributed by atoms with van der Waals surface area (Å²) < 4.78 is 0. The highest BCUT2D eigenvalue weighted by atomic mass is 16.2. The van der Waals surface area contributed by atoms with Gasteiger partial charge < -0.3 is 16.0 Å². The summed E-state index contributed by atoms with van der Waals surface area (Å²) in [5.41, 5.74) is 0.888. The van der Waals surface area contributed by atoms with Crippen molar-refractivity contribution in [2.75, 3.05) is 33.7 Å². The lowest BCUT2D eigenvalue weighted by Gasteiger charge is -2.33. The lowest BCUT2D eigenvalue weighted by atomic mass is 9.92.